The monoisotopic (exact) mass is 378 g/mol. The van der Waals surface area contributed by atoms with Crippen LogP contribution in [0, 0.1) is 11.3 Å². The Bertz CT molecular complexity index is 1160. The Kier molecular flexibility index (Phi) is 3.95. The first kappa shape index (κ1) is 16.3. The molecule has 1 amide bonds. The van der Waals surface area contributed by atoms with E-state index in [4.69, 9.17) is 22.4 Å². The molecule has 126 valence electrons. The molecule has 1 aliphatic heterocycles. The van der Waals surface area contributed by atoms with E-state index >= 15 is 0 Å². The molecule has 0 aliphatic carbocycles. The number of hydrogen-bond acceptors (Lipinski definition) is 7. The van der Waals surface area contributed by atoms with E-state index < -0.39 is 0 Å². The summed E-state index contributed by atoms with van der Waals surface area (Å²) < 4.78 is 6.36. The van der Waals surface area contributed by atoms with Crippen molar-refractivity contribution in [2.75, 3.05) is 5.73 Å². The molecule has 8 heteroatoms. The summed E-state index contributed by atoms with van der Waals surface area (Å²) in [4.78, 5) is 16.5. The molecular formula is C18H10N4O2S2. The summed E-state index contributed by atoms with van der Waals surface area (Å²) in [6.45, 7) is 0. The first-order valence-corrected chi connectivity index (χ1v) is 8.70. The molecule has 4 rings (SSSR count). The summed E-state index contributed by atoms with van der Waals surface area (Å²) in [5, 5.41) is 12.5. The van der Waals surface area contributed by atoms with E-state index in [1.54, 1.807) is 36.7 Å². The van der Waals surface area contributed by atoms with E-state index in [-0.39, 0.29) is 5.91 Å². The van der Waals surface area contributed by atoms with Crippen molar-refractivity contribution in [1.29, 1.82) is 5.26 Å². The number of pyridine rings is 1. The second-order valence-electron chi connectivity index (χ2n) is 5.52. The number of rotatable bonds is 2. The van der Waals surface area contributed by atoms with Crippen LogP contribution < -0.4 is 11.1 Å². The third-order valence-corrected chi connectivity index (χ3v) is 5.00. The number of thiocarbonyl (C=S) groups is 1. The Labute approximate surface area is 157 Å². The fourth-order valence-electron chi connectivity index (χ4n) is 2.63. The van der Waals surface area contributed by atoms with E-state index in [0.29, 0.717) is 31.8 Å². The number of nitriles is 1. The van der Waals surface area contributed by atoms with Crippen LogP contribution in [-0.2, 0) is 4.79 Å². The molecule has 0 unspecified atom stereocenters. The minimum Gasteiger partial charge on any atom is -0.456 e. The van der Waals surface area contributed by atoms with Crippen molar-refractivity contribution in [3.8, 4) is 17.2 Å². The Morgan fingerprint density at radius 2 is 2.19 bits per heavy atom. The number of nitrogens with one attached hydrogen (secondary N) is 1. The predicted molar refractivity (Wildman–Crippen MR) is 105 cm³/mol. The Balaban J connectivity index is 1.82. The van der Waals surface area contributed by atoms with Crippen molar-refractivity contribution >= 4 is 56.9 Å². The molecule has 26 heavy (non-hydrogen) atoms. The maximum atomic E-state index is 11.8. The molecule has 0 atom stereocenters. The number of hydrogen-bond donors (Lipinski definition) is 2. The number of anilines is 1. The highest BCUT2D eigenvalue weighted by atomic mass is 32.2. The number of amides is 1. The van der Waals surface area contributed by atoms with Gasteiger partial charge in [0.1, 0.15) is 21.7 Å². The molecule has 1 saturated heterocycles. The second kappa shape index (κ2) is 6.29. The van der Waals surface area contributed by atoms with Gasteiger partial charge in [0.15, 0.2) is 0 Å². The maximum absolute atomic E-state index is 11.8. The molecule has 3 aromatic rings. The van der Waals surface area contributed by atoms with Crippen LogP contribution in [0.5, 0.6) is 0 Å². The highest BCUT2D eigenvalue weighted by Gasteiger charge is 2.23. The molecule has 3 N–H and O–H groups in total. The topological polar surface area (TPSA) is 105 Å². The summed E-state index contributed by atoms with van der Waals surface area (Å²) in [5.74, 6) is 0.281. The molecule has 2 aromatic heterocycles. The number of furan rings is 1. The largest absolute Gasteiger partial charge is 0.456 e. The van der Waals surface area contributed by atoms with Gasteiger partial charge in [0.2, 0.25) is 0 Å². The van der Waals surface area contributed by atoms with Crippen LogP contribution in [0.1, 0.15) is 11.3 Å². The molecule has 3 heterocycles. The predicted octanol–water partition coefficient (Wildman–Crippen LogP) is 3.44. The van der Waals surface area contributed by atoms with Crippen LogP contribution in [0.4, 0.5) is 5.69 Å². The van der Waals surface area contributed by atoms with Crippen molar-refractivity contribution in [3.05, 3.63) is 52.9 Å². The molecule has 0 bridgehead atoms. The van der Waals surface area contributed by atoms with Crippen LogP contribution >= 0.6 is 24.0 Å². The molecule has 1 fully saturated rings. The van der Waals surface area contributed by atoms with Crippen molar-refractivity contribution in [2.45, 2.75) is 0 Å². The quantitative estimate of drug-likeness (QED) is 0.400. The number of carbonyl (C=O) groups is 1. The standard InChI is InChI=1S/C18H10N4O2S2/c19-6-10-3-9(1-2-14(10)20)13-8-21-7-11-4-12(24-16(11)13)5-15-17(23)22-18(25)26-15/h1-5,7-8H,20H2,(H,22,23,25)/b15-5-. The van der Waals surface area contributed by atoms with Gasteiger partial charge in [0.05, 0.1) is 10.5 Å². The van der Waals surface area contributed by atoms with Gasteiger partial charge < -0.3 is 15.5 Å². The minimum atomic E-state index is -0.240. The van der Waals surface area contributed by atoms with Gasteiger partial charge in [-0.2, -0.15) is 5.26 Å². The third kappa shape index (κ3) is 2.83. The number of benzene rings is 1. The van der Waals surface area contributed by atoms with Gasteiger partial charge in [-0.25, -0.2) is 0 Å². The lowest BCUT2D eigenvalue weighted by atomic mass is 10.0. The van der Waals surface area contributed by atoms with Crippen molar-refractivity contribution in [2.24, 2.45) is 0 Å². The van der Waals surface area contributed by atoms with E-state index in [0.717, 1.165) is 16.5 Å². The van der Waals surface area contributed by atoms with Crippen molar-refractivity contribution in [1.82, 2.24) is 10.3 Å². The molecule has 0 radical (unpaired) electrons. The van der Waals surface area contributed by atoms with Gasteiger partial charge in [0.25, 0.3) is 5.91 Å². The minimum absolute atomic E-state index is 0.240. The smallest absolute Gasteiger partial charge is 0.263 e. The zero-order valence-corrected chi connectivity index (χ0v) is 14.8. The van der Waals surface area contributed by atoms with E-state index in [2.05, 4.69) is 16.4 Å². The molecule has 1 aromatic carbocycles. The van der Waals surface area contributed by atoms with Gasteiger partial charge in [-0.05, 0) is 23.8 Å². The average Bonchev–Trinajstić information content (AvgIpc) is 3.17. The number of nitrogen functional groups attached to an aromatic ring is 1. The van der Waals surface area contributed by atoms with Crippen LogP contribution in [0.3, 0.4) is 0 Å². The second-order valence-corrected chi connectivity index (χ2v) is 7.24. The summed E-state index contributed by atoms with van der Waals surface area (Å²) in [7, 11) is 0. The summed E-state index contributed by atoms with van der Waals surface area (Å²) in [6.07, 6.45) is 4.99. The highest BCUT2D eigenvalue weighted by molar-refractivity contribution is 8.26. The molecule has 1 aliphatic rings. The number of thioether (sulfide) groups is 1. The first-order chi connectivity index (χ1) is 12.5. The maximum Gasteiger partial charge on any atom is 0.263 e. The summed E-state index contributed by atoms with van der Waals surface area (Å²) in [6, 6.07) is 9.06. The lowest BCUT2D eigenvalue weighted by Gasteiger charge is -2.04. The van der Waals surface area contributed by atoms with Crippen LogP contribution in [-0.4, -0.2) is 15.2 Å². The van der Waals surface area contributed by atoms with Gasteiger partial charge in [-0.3, -0.25) is 9.78 Å². The van der Waals surface area contributed by atoms with E-state index in [9.17, 15) is 10.1 Å². The number of fused-ring (bicyclic) bond motifs is 1. The number of carbonyl (C=O) groups excluding carboxylic acids is 1. The summed E-state index contributed by atoms with van der Waals surface area (Å²) in [5.41, 5.74) is 8.73. The molecule has 0 saturated carbocycles. The Hall–Kier alpha value is -3.15. The number of nitrogens with two attached hydrogens (primary N) is 1. The molecular weight excluding hydrogens is 368 g/mol. The highest BCUT2D eigenvalue weighted by Crippen LogP contribution is 2.33. The van der Waals surface area contributed by atoms with Crippen LogP contribution in [0.15, 0.2) is 46.0 Å². The lowest BCUT2D eigenvalue weighted by molar-refractivity contribution is -0.115. The van der Waals surface area contributed by atoms with E-state index in [1.807, 2.05) is 6.07 Å². The zero-order chi connectivity index (χ0) is 18.3. The van der Waals surface area contributed by atoms with Crippen LogP contribution in [0.25, 0.3) is 28.2 Å². The Morgan fingerprint density at radius 3 is 2.92 bits per heavy atom. The first-order valence-electron chi connectivity index (χ1n) is 7.47. The van der Waals surface area contributed by atoms with Crippen LogP contribution in [0.2, 0.25) is 0 Å². The van der Waals surface area contributed by atoms with Gasteiger partial charge in [-0.15, -0.1) is 0 Å². The normalized spacial score (nSPS) is 15.4. The van der Waals surface area contributed by atoms with Crippen molar-refractivity contribution < 1.29 is 9.21 Å². The SMILES string of the molecule is N#Cc1cc(-c2cncc3cc(/C=C4\SC(=S)NC4=O)oc23)ccc1N. The summed E-state index contributed by atoms with van der Waals surface area (Å²) >= 11 is 6.18. The molecule has 6 nitrogen and oxygen atoms in total. The fraction of sp³-hybridized carbons (Fsp3) is 0. The van der Waals surface area contributed by atoms with Gasteiger partial charge in [-0.1, -0.05) is 30.0 Å². The lowest BCUT2D eigenvalue weighted by Crippen LogP contribution is -2.17. The van der Waals surface area contributed by atoms with E-state index in [1.165, 1.54) is 11.8 Å². The fourth-order valence-corrected chi connectivity index (χ4v) is 3.65. The number of nitrogens with zero attached hydrogens (tertiary/aromatic N) is 2. The van der Waals surface area contributed by atoms with Crippen molar-refractivity contribution in [3.63, 3.8) is 0 Å². The van der Waals surface area contributed by atoms with Gasteiger partial charge >= 0.3 is 0 Å². The Morgan fingerprint density at radius 1 is 1.35 bits per heavy atom. The van der Waals surface area contributed by atoms with Gasteiger partial charge in [0, 0.05) is 35.1 Å². The molecule has 0 spiro atoms. The third-order valence-electron chi connectivity index (χ3n) is 3.84. The average molecular weight is 378 g/mol. The zero-order valence-electron chi connectivity index (χ0n) is 13.1. The number of aromatic nitrogens is 1.